The predicted molar refractivity (Wildman–Crippen MR) is 188 cm³/mol. The van der Waals surface area contributed by atoms with E-state index in [-0.39, 0.29) is 25.9 Å². The number of carbonyl (C=O) groups excluding carboxylic acids is 5. The molecule has 0 aliphatic heterocycles. The van der Waals surface area contributed by atoms with Crippen molar-refractivity contribution in [3.63, 3.8) is 0 Å². The van der Waals surface area contributed by atoms with Crippen LogP contribution in [-0.4, -0.2) is 87.6 Å². The van der Waals surface area contributed by atoms with Crippen LogP contribution in [-0.2, 0) is 41.5 Å². The molecule has 276 valence electrons. The van der Waals surface area contributed by atoms with Gasteiger partial charge in [0.05, 0.1) is 43.7 Å². The lowest BCUT2D eigenvalue weighted by Gasteiger charge is -2.32. The highest BCUT2D eigenvalue weighted by Gasteiger charge is 2.37. The maximum atomic E-state index is 13.5. The zero-order chi connectivity index (χ0) is 37.7. The highest BCUT2D eigenvalue weighted by atomic mass is 16.6. The summed E-state index contributed by atoms with van der Waals surface area (Å²) in [6.07, 6.45) is -3.92. The van der Waals surface area contributed by atoms with Gasteiger partial charge in [0.2, 0.25) is 17.7 Å². The fourth-order valence-electron chi connectivity index (χ4n) is 4.94. The number of carbonyl (C=O) groups is 5. The molecule has 6 N–H and O–H groups in total. The molecule has 4 atom stereocenters. The first-order chi connectivity index (χ1) is 23.2. The van der Waals surface area contributed by atoms with E-state index in [0.717, 1.165) is 11.1 Å². The van der Waals surface area contributed by atoms with Crippen LogP contribution in [0.3, 0.4) is 0 Å². The van der Waals surface area contributed by atoms with Gasteiger partial charge in [0.15, 0.2) is 0 Å². The molecular weight excluding hydrogens is 644 g/mol. The molecule has 2 aromatic carbocycles. The molecule has 0 aromatic heterocycles. The van der Waals surface area contributed by atoms with E-state index < -0.39 is 77.2 Å². The van der Waals surface area contributed by atoms with Crippen LogP contribution >= 0.6 is 0 Å². The summed E-state index contributed by atoms with van der Waals surface area (Å²) in [5, 5.41) is 32.9. The number of nitrogens with one attached hydrogen (secondary N) is 4. The molecule has 50 heavy (non-hydrogen) atoms. The third-order valence-corrected chi connectivity index (χ3v) is 7.64. The zero-order valence-corrected chi connectivity index (χ0v) is 30.4. The van der Waals surface area contributed by atoms with Crippen molar-refractivity contribution in [2.45, 2.75) is 122 Å². The van der Waals surface area contributed by atoms with E-state index in [0.29, 0.717) is 0 Å². The number of rotatable bonds is 17. The molecule has 0 aliphatic carbocycles. The van der Waals surface area contributed by atoms with Gasteiger partial charge in [-0.1, -0.05) is 60.7 Å². The monoisotopic (exact) mass is 698 g/mol. The van der Waals surface area contributed by atoms with Crippen molar-refractivity contribution >= 4 is 29.8 Å². The molecule has 0 aliphatic rings. The average Bonchev–Trinajstić information content (AvgIpc) is 2.99. The Hall–Kier alpha value is -4.49. The molecule has 2 aromatic rings. The largest absolute Gasteiger partial charge is 0.466 e. The highest BCUT2D eigenvalue weighted by molar-refractivity contribution is 5.91. The lowest BCUT2D eigenvalue weighted by atomic mass is 9.95. The van der Waals surface area contributed by atoms with Crippen LogP contribution < -0.4 is 21.3 Å². The first kappa shape index (κ1) is 41.7. The highest BCUT2D eigenvalue weighted by Crippen LogP contribution is 2.16. The van der Waals surface area contributed by atoms with E-state index in [4.69, 9.17) is 9.47 Å². The Kier molecular flexibility index (Phi) is 15.4. The first-order valence-corrected chi connectivity index (χ1v) is 16.8. The Balaban J connectivity index is 2.17. The van der Waals surface area contributed by atoms with Gasteiger partial charge < -0.3 is 41.0 Å². The number of alkyl carbamates (subject to hydrolysis) is 1. The van der Waals surface area contributed by atoms with Gasteiger partial charge in [-0.15, -0.1) is 0 Å². The van der Waals surface area contributed by atoms with Gasteiger partial charge in [-0.05, 0) is 79.4 Å². The molecule has 0 saturated carbocycles. The molecule has 13 nitrogen and oxygen atoms in total. The molecule has 0 bridgehead atoms. The SMILES string of the molecule is CCOC(=O)C[C@H](O)[C@H](Cc1ccccc1)NC(=O)C(C)(C)NC(=O)C[C@H](O)[C@H](Cc1ccccc1)NC(=O)C(C)(C)NC(=O)OC(C)(C)C. The summed E-state index contributed by atoms with van der Waals surface area (Å²) in [7, 11) is 0. The van der Waals surface area contributed by atoms with Gasteiger partial charge in [-0.2, -0.15) is 0 Å². The first-order valence-electron chi connectivity index (χ1n) is 16.8. The van der Waals surface area contributed by atoms with E-state index in [9.17, 15) is 34.2 Å². The summed E-state index contributed by atoms with van der Waals surface area (Å²) >= 11 is 0. The zero-order valence-electron chi connectivity index (χ0n) is 30.4. The molecule has 0 fully saturated rings. The van der Waals surface area contributed by atoms with E-state index >= 15 is 0 Å². The van der Waals surface area contributed by atoms with E-state index in [1.165, 1.54) is 27.7 Å². The molecule has 0 radical (unpaired) electrons. The van der Waals surface area contributed by atoms with Crippen LogP contribution in [0.2, 0.25) is 0 Å². The quantitative estimate of drug-likeness (QED) is 0.135. The van der Waals surface area contributed by atoms with Crippen LogP contribution in [0, 0.1) is 0 Å². The summed E-state index contributed by atoms with van der Waals surface area (Å²) in [6.45, 7) is 12.8. The summed E-state index contributed by atoms with van der Waals surface area (Å²) in [5.41, 5.74) is -2.14. The molecule has 0 heterocycles. The van der Waals surface area contributed by atoms with Crippen molar-refractivity contribution in [3.05, 3.63) is 71.8 Å². The topological polar surface area (TPSA) is 192 Å². The standard InChI is InChI=1S/C37H54N4O9/c1-9-49-31(45)23-29(43)27(21-25-18-14-11-15-19-25)39-32(46)36(5,6)40-30(44)22-28(42)26(20-24-16-12-10-13-17-24)38-33(47)37(7,8)41-34(48)50-35(2,3)4/h10-19,26-29,42-43H,9,20-23H2,1-8H3,(H,38,47)(H,39,46)(H,40,44)(H,41,48)/t26-,27-,28-,29-/m0/s1. The predicted octanol–water partition coefficient (Wildman–Crippen LogP) is 2.70. The van der Waals surface area contributed by atoms with Crippen LogP contribution in [0.4, 0.5) is 4.79 Å². The fourth-order valence-corrected chi connectivity index (χ4v) is 4.94. The van der Waals surface area contributed by atoms with Crippen molar-refractivity contribution in [2.75, 3.05) is 6.61 Å². The molecule has 0 spiro atoms. The van der Waals surface area contributed by atoms with E-state index in [1.54, 1.807) is 39.8 Å². The Bertz CT molecular complexity index is 1430. The Labute approximate surface area is 294 Å². The molecule has 2 rings (SSSR count). The maximum absolute atomic E-state index is 13.5. The normalized spacial score (nSPS) is 14.3. The minimum absolute atomic E-state index is 0.142. The number of esters is 1. The fraction of sp³-hybridized carbons (Fsp3) is 0.541. The average molecular weight is 699 g/mol. The minimum atomic E-state index is -1.51. The Morgan fingerprint density at radius 1 is 0.660 bits per heavy atom. The maximum Gasteiger partial charge on any atom is 0.408 e. The van der Waals surface area contributed by atoms with Crippen molar-refractivity contribution in [2.24, 2.45) is 0 Å². The summed E-state index contributed by atoms with van der Waals surface area (Å²) < 4.78 is 10.2. The second-order valence-corrected chi connectivity index (χ2v) is 14.3. The summed E-state index contributed by atoms with van der Waals surface area (Å²) in [6, 6.07) is 16.3. The van der Waals surface area contributed by atoms with E-state index in [2.05, 4.69) is 21.3 Å². The van der Waals surface area contributed by atoms with Crippen LogP contribution in [0.25, 0.3) is 0 Å². The molecule has 4 amide bonds. The summed E-state index contributed by atoms with van der Waals surface area (Å²) in [4.78, 5) is 64.6. The van der Waals surface area contributed by atoms with Crippen molar-refractivity contribution in [1.82, 2.24) is 21.3 Å². The number of aliphatic hydroxyl groups excluding tert-OH is 2. The number of hydrogen-bond acceptors (Lipinski definition) is 9. The van der Waals surface area contributed by atoms with Gasteiger partial charge in [-0.3, -0.25) is 19.2 Å². The summed E-state index contributed by atoms with van der Waals surface area (Å²) in [5.74, 6) is -2.54. The van der Waals surface area contributed by atoms with Gasteiger partial charge >= 0.3 is 12.1 Å². The van der Waals surface area contributed by atoms with Gasteiger partial charge in [-0.25, -0.2) is 4.79 Å². The van der Waals surface area contributed by atoms with Crippen LogP contribution in [0.5, 0.6) is 0 Å². The molecule has 13 heteroatoms. The molecule has 0 unspecified atom stereocenters. The molecular formula is C37H54N4O9. The number of benzene rings is 2. The van der Waals surface area contributed by atoms with Crippen LogP contribution in [0.15, 0.2) is 60.7 Å². The second-order valence-electron chi connectivity index (χ2n) is 14.3. The van der Waals surface area contributed by atoms with Crippen molar-refractivity contribution in [1.29, 1.82) is 0 Å². The van der Waals surface area contributed by atoms with Gasteiger partial charge in [0, 0.05) is 0 Å². The smallest absolute Gasteiger partial charge is 0.408 e. The number of hydrogen-bond donors (Lipinski definition) is 6. The van der Waals surface area contributed by atoms with Crippen LogP contribution in [0.1, 0.15) is 79.4 Å². The third kappa shape index (κ3) is 14.6. The molecule has 0 saturated heterocycles. The number of amides is 4. The van der Waals surface area contributed by atoms with Crippen molar-refractivity contribution < 1.29 is 43.7 Å². The lowest BCUT2D eigenvalue weighted by Crippen LogP contribution is -2.60. The number of ether oxygens (including phenoxy) is 2. The van der Waals surface area contributed by atoms with E-state index in [1.807, 2.05) is 48.5 Å². The lowest BCUT2D eigenvalue weighted by molar-refractivity contribution is -0.146. The van der Waals surface area contributed by atoms with Crippen molar-refractivity contribution in [3.8, 4) is 0 Å². The van der Waals surface area contributed by atoms with Gasteiger partial charge in [0.25, 0.3) is 0 Å². The number of aliphatic hydroxyl groups is 2. The third-order valence-electron chi connectivity index (χ3n) is 7.64. The Morgan fingerprint density at radius 2 is 1.08 bits per heavy atom. The Morgan fingerprint density at radius 3 is 1.50 bits per heavy atom. The van der Waals surface area contributed by atoms with Gasteiger partial charge in [0.1, 0.15) is 16.7 Å². The minimum Gasteiger partial charge on any atom is -0.466 e. The second kappa shape index (κ2) is 18.5.